The molecule has 150 valence electrons. The second kappa shape index (κ2) is 9.88. The van der Waals surface area contributed by atoms with Crippen molar-refractivity contribution in [3.63, 3.8) is 0 Å². The second-order valence-electron chi connectivity index (χ2n) is 7.09. The van der Waals surface area contributed by atoms with Crippen LogP contribution in [-0.2, 0) is 16.0 Å². The summed E-state index contributed by atoms with van der Waals surface area (Å²) < 4.78 is 10.7. The number of rotatable bonds is 9. The third kappa shape index (κ3) is 5.54. The molecule has 1 aliphatic heterocycles. The summed E-state index contributed by atoms with van der Waals surface area (Å²) in [5.74, 6) is 2.16. The molecular weight excluding hydrogens is 366 g/mol. The number of carboxylic acids is 1. The maximum atomic E-state index is 12.8. The maximum absolute atomic E-state index is 12.8. The van der Waals surface area contributed by atoms with Gasteiger partial charge in [0, 0.05) is 6.54 Å². The van der Waals surface area contributed by atoms with Crippen LogP contribution in [0.4, 0.5) is 0 Å². The summed E-state index contributed by atoms with van der Waals surface area (Å²) in [6.45, 7) is 4.84. The molecule has 0 saturated carbocycles. The first-order valence-corrected chi connectivity index (χ1v) is 10.4. The summed E-state index contributed by atoms with van der Waals surface area (Å²) in [6.07, 6.45) is 1.62. The molecule has 0 radical (unpaired) electrons. The van der Waals surface area contributed by atoms with Crippen LogP contribution in [0.3, 0.4) is 0 Å². The minimum atomic E-state index is -0.923. The summed E-state index contributed by atoms with van der Waals surface area (Å²) in [4.78, 5) is 26.0. The molecule has 1 heterocycles. The van der Waals surface area contributed by atoms with E-state index in [1.165, 1.54) is 0 Å². The number of fused-ring (bicyclic) bond motifs is 1. The standard InChI is InChI=1S/C20H29NO5S/c1-13(2)6-8-27-12-19(22)21-7-5-14-9-17(25-3)18(26-4)10-15(14)16(21)11-20(23)24/h9-10,13,16H,5-8,11-12H2,1-4H3,(H,23,24). The highest BCUT2D eigenvalue weighted by Gasteiger charge is 2.33. The van der Waals surface area contributed by atoms with Crippen LogP contribution in [0, 0.1) is 5.92 Å². The highest BCUT2D eigenvalue weighted by molar-refractivity contribution is 7.99. The van der Waals surface area contributed by atoms with Gasteiger partial charge in [-0.3, -0.25) is 9.59 Å². The van der Waals surface area contributed by atoms with Crippen LogP contribution >= 0.6 is 11.8 Å². The number of aliphatic carboxylic acids is 1. The van der Waals surface area contributed by atoms with Crippen LogP contribution < -0.4 is 9.47 Å². The molecule has 0 saturated heterocycles. The molecule has 7 heteroatoms. The fourth-order valence-corrected chi connectivity index (χ4v) is 4.40. The Morgan fingerprint density at radius 1 is 1.26 bits per heavy atom. The number of carboxylic acid groups (broad SMARTS) is 1. The van der Waals surface area contributed by atoms with E-state index < -0.39 is 12.0 Å². The summed E-state index contributed by atoms with van der Waals surface area (Å²) in [7, 11) is 3.12. The number of carbonyl (C=O) groups is 2. The van der Waals surface area contributed by atoms with Crippen molar-refractivity contribution >= 4 is 23.6 Å². The third-order valence-corrected chi connectivity index (χ3v) is 5.73. The Morgan fingerprint density at radius 3 is 2.52 bits per heavy atom. The van der Waals surface area contributed by atoms with Crippen molar-refractivity contribution in [3.05, 3.63) is 23.3 Å². The molecule has 1 atom stereocenters. The van der Waals surface area contributed by atoms with Gasteiger partial charge in [0.1, 0.15) is 0 Å². The average Bonchev–Trinajstić information content (AvgIpc) is 2.63. The normalized spacial score (nSPS) is 16.2. The molecule has 1 aliphatic rings. The smallest absolute Gasteiger partial charge is 0.305 e. The van der Waals surface area contributed by atoms with E-state index in [2.05, 4.69) is 13.8 Å². The molecule has 1 aromatic carbocycles. The third-order valence-electron chi connectivity index (χ3n) is 4.76. The number of amides is 1. The van der Waals surface area contributed by atoms with Crippen LogP contribution in [0.1, 0.15) is 43.9 Å². The number of methoxy groups -OCH3 is 2. The Labute approximate surface area is 165 Å². The highest BCUT2D eigenvalue weighted by atomic mass is 32.2. The lowest BCUT2D eigenvalue weighted by molar-refractivity contribution is -0.140. The van der Waals surface area contributed by atoms with E-state index in [9.17, 15) is 14.7 Å². The number of nitrogens with zero attached hydrogens (tertiary/aromatic N) is 1. The average molecular weight is 396 g/mol. The molecule has 0 spiro atoms. The Balaban J connectivity index is 2.22. The molecule has 2 rings (SSSR count). The van der Waals surface area contributed by atoms with Gasteiger partial charge in [0.25, 0.3) is 0 Å². The molecule has 0 aliphatic carbocycles. The lowest BCUT2D eigenvalue weighted by Gasteiger charge is -2.37. The molecule has 1 unspecified atom stereocenters. The second-order valence-corrected chi connectivity index (χ2v) is 8.20. The van der Waals surface area contributed by atoms with Gasteiger partial charge in [-0.15, -0.1) is 0 Å². The van der Waals surface area contributed by atoms with Gasteiger partial charge >= 0.3 is 5.97 Å². The van der Waals surface area contributed by atoms with Crippen LogP contribution in [0.2, 0.25) is 0 Å². The van der Waals surface area contributed by atoms with Crippen LogP contribution in [0.25, 0.3) is 0 Å². The van der Waals surface area contributed by atoms with E-state index in [1.54, 1.807) is 30.9 Å². The van der Waals surface area contributed by atoms with Gasteiger partial charge in [0.15, 0.2) is 11.5 Å². The SMILES string of the molecule is COc1cc2c(cc1OC)C(CC(=O)O)N(C(=O)CSCCC(C)C)CC2. The van der Waals surface area contributed by atoms with Crippen molar-refractivity contribution < 1.29 is 24.2 Å². The molecular formula is C20H29NO5S. The van der Waals surface area contributed by atoms with Gasteiger partial charge in [-0.25, -0.2) is 0 Å². The van der Waals surface area contributed by atoms with Crippen molar-refractivity contribution in [1.82, 2.24) is 4.90 Å². The van der Waals surface area contributed by atoms with E-state index in [4.69, 9.17) is 9.47 Å². The first kappa shape index (κ1) is 21.4. The van der Waals surface area contributed by atoms with Crippen molar-refractivity contribution in [3.8, 4) is 11.5 Å². The Morgan fingerprint density at radius 2 is 1.93 bits per heavy atom. The van der Waals surface area contributed by atoms with E-state index in [1.807, 2.05) is 12.1 Å². The van der Waals surface area contributed by atoms with Crippen molar-refractivity contribution in [2.75, 3.05) is 32.3 Å². The predicted molar refractivity (Wildman–Crippen MR) is 107 cm³/mol. The predicted octanol–water partition coefficient (Wildman–Crippen LogP) is 3.38. The number of carbonyl (C=O) groups excluding carboxylic acids is 1. The van der Waals surface area contributed by atoms with E-state index >= 15 is 0 Å². The summed E-state index contributed by atoms with van der Waals surface area (Å²) >= 11 is 1.62. The molecule has 1 amide bonds. The quantitative estimate of drug-likeness (QED) is 0.646. The monoisotopic (exact) mass is 395 g/mol. The zero-order valence-corrected chi connectivity index (χ0v) is 17.3. The summed E-state index contributed by atoms with van der Waals surface area (Å²) in [5, 5.41) is 9.39. The van der Waals surface area contributed by atoms with Gasteiger partial charge in [-0.2, -0.15) is 11.8 Å². The first-order valence-electron chi connectivity index (χ1n) is 9.21. The van der Waals surface area contributed by atoms with Gasteiger partial charge in [-0.1, -0.05) is 13.8 Å². The van der Waals surface area contributed by atoms with Crippen LogP contribution in [0.5, 0.6) is 11.5 Å². The fourth-order valence-electron chi connectivity index (χ4n) is 3.27. The molecule has 6 nitrogen and oxygen atoms in total. The molecule has 0 bridgehead atoms. The number of hydrogen-bond acceptors (Lipinski definition) is 5. The van der Waals surface area contributed by atoms with Crippen molar-refractivity contribution in [2.45, 2.75) is 39.2 Å². The molecule has 27 heavy (non-hydrogen) atoms. The number of ether oxygens (including phenoxy) is 2. The molecule has 0 fully saturated rings. The minimum Gasteiger partial charge on any atom is -0.493 e. The van der Waals surface area contributed by atoms with E-state index in [0.29, 0.717) is 36.1 Å². The van der Waals surface area contributed by atoms with E-state index in [0.717, 1.165) is 23.3 Å². The lowest BCUT2D eigenvalue weighted by atomic mass is 9.90. The van der Waals surface area contributed by atoms with Gasteiger partial charge in [0.05, 0.1) is 32.4 Å². The van der Waals surface area contributed by atoms with Gasteiger partial charge < -0.3 is 19.5 Å². The van der Waals surface area contributed by atoms with E-state index in [-0.39, 0.29) is 12.3 Å². The Hall–Kier alpha value is -1.89. The molecule has 0 aromatic heterocycles. The van der Waals surface area contributed by atoms with Crippen molar-refractivity contribution in [2.24, 2.45) is 5.92 Å². The number of benzene rings is 1. The summed E-state index contributed by atoms with van der Waals surface area (Å²) in [6, 6.07) is 3.22. The Kier molecular flexibility index (Phi) is 7.83. The highest BCUT2D eigenvalue weighted by Crippen LogP contribution is 2.39. The Bertz CT molecular complexity index is 677. The van der Waals surface area contributed by atoms with Gasteiger partial charge in [0.2, 0.25) is 5.91 Å². The fraction of sp³-hybridized carbons (Fsp3) is 0.600. The topological polar surface area (TPSA) is 76.1 Å². The zero-order chi connectivity index (χ0) is 20.0. The summed E-state index contributed by atoms with van der Waals surface area (Å²) in [5.41, 5.74) is 1.84. The minimum absolute atomic E-state index is 0.00422. The van der Waals surface area contributed by atoms with Crippen LogP contribution in [-0.4, -0.2) is 54.2 Å². The van der Waals surface area contributed by atoms with Crippen molar-refractivity contribution in [1.29, 1.82) is 0 Å². The largest absolute Gasteiger partial charge is 0.493 e. The molecule has 1 N–H and O–H groups in total. The number of hydrogen-bond donors (Lipinski definition) is 1. The zero-order valence-electron chi connectivity index (χ0n) is 16.5. The first-order chi connectivity index (χ1) is 12.9. The van der Waals surface area contributed by atoms with Crippen LogP contribution in [0.15, 0.2) is 12.1 Å². The number of thioether (sulfide) groups is 1. The maximum Gasteiger partial charge on any atom is 0.305 e. The molecule has 1 aromatic rings. The van der Waals surface area contributed by atoms with Gasteiger partial charge in [-0.05, 0) is 47.8 Å². The lowest BCUT2D eigenvalue weighted by Crippen LogP contribution is -2.42.